The fourth-order valence-electron chi connectivity index (χ4n) is 5.52. The number of imidazole rings is 2. The molecule has 6 rings (SSSR count). The zero-order chi connectivity index (χ0) is 41.2. The number of amides is 3. The molecule has 6 heterocycles. The van der Waals surface area contributed by atoms with Crippen molar-refractivity contribution in [2.24, 2.45) is 0 Å². The van der Waals surface area contributed by atoms with Crippen LogP contribution in [0.1, 0.15) is 80.8 Å². The fraction of sp³-hybridized carbons (Fsp3) is 0.270. The summed E-state index contributed by atoms with van der Waals surface area (Å²) < 4.78 is 96.6. The molecule has 0 aliphatic heterocycles. The summed E-state index contributed by atoms with van der Waals surface area (Å²) in [6.45, 7) is 2.22. The third-order valence-corrected chi connectivity index (χ3v) is 8.28. The van der Waals surface area contributed by atoms with Crippen molar-refractivity contribution in [3.8, 4) is 11.5 Å². The molecule has 298 valence electrons. The smallest absolute Gasteiger partial charge is 0.288 e. The normalized spacial score (nSPS) is 11.7. The van der Waals surface area contributed by atoms with Crippen molar-refractivity contribution in [3.05, 3.63) is 107 Å². The second-order valence-electron chi connectivity index (χ2n) is 12.7. The number of nitrogens with zero attached hydrogens (tertiary/aromatic N) is 7. The predicted octanol–water partition coefficient (Wildman–Crippen LogP) is 6.99. The molecule has 6 aromatic heterocycles. The molecule has 3 amide bonds. The Morgan fingerprint density at radius 1 is 0.772 bits per heavy atom. The third kappa shape index (κ3) is 8.89. The standard InChI is InChI=1S/C37H33F6N9O5/c1-5-56-26-13-30-49-28(37(2,42)43)18-52(30)16-23(26)48-35(54)31-19(9-10-21(46-31)33(40)41)11-12-57-27-14-29-45-25(36(55)50(3)4)17-51(29)15-24(27)47-34(53)22-8-6-7-20(44-22)32(38)39/h6-10,13-18,32-33H,5,11-12H2,1-4H3,(H,47,53)(H,48,54). The van der Waals surface area contributed by atoms with Crippen LogP contribution in [0.5, 0.6) is 11.5 Å². The average molecular weight is 798 g/mol. The second kappa shape index (κ2) is 16.2. The van der Waals surface area contributed by atoms with E-state index in [4.69, 9.17) is 9.47 Å². The zero-order valence-electron chi connectivity index (χ0n) is 30.6. The van der Waals surface area contributed by atoms with Gasteiger partial charge in [-0.15, -0.1) is 0 Å². The monoisotopic (exact) mass is 797 g/mol. The van der Waals surface area contributed by atoms with E-state index in [0.717, 1.165) is 18.3 Å². The minimum absolute atomic E-state index is 0.00509. The van der Waals surface area contributed by atoms with Crippen LogP contribution in [0.3, 0.4) is 0 Å². The SMILES string of the molecule is CCOc1cc2nc(C(C)(F)F)cn2cc1NC(=O)c1nc(C(F)F)ccc1CCOc1cc2nc(C(=O)N(C)C)cn2cc1NC(=O)c1cccc(C(F)F)n1. The molecule has 0 saturated heterocycles. The van der Waals surface area contributed by atoms with Crippen molar-refractivity contribution in [3.63, 3.8) is 0 Å². The van der Waals surface area contributed by atoms with Gasteiger partial charge in [-0.1, -0.05) is 12.1 Å². The molecule has 0 spiro atoms. The van der Waals surface area contributed by atoms with Gasteiger partial charge in [-0.25, -0.2) is 37.5 Å². The van der Waals surface area contributed by atoms with Crippen LogP contribution in [0.15, 0.2) is 67.3 Å². The summed E-state index contributed by atoms with van der Waals surface area (Å²) in [5.74, 6) is -5.40. The Morgan fingerprint density at radius 3 is 2.02 bits per heavy atom. The van der Waals surface area contributed by atoms with Crippen LogP contribution in [-0.2, 0) is 12.3 Å². The van der Waals surface area contributed by atoms with E-state index in [1.54, 1.807) is 6.92 Å². The molecule has 6 aromatic rings. The molecule has 0 bridgehead atoms. The number of alkyl halides is 6. The van der Waals surface area contributed by atoms with Crippen molar-refractivity contribution >= 4 is 40.4 Å². The molecule has 0 aromatic carbocycles. The van der Waals surface area contributed by atoms with Gasteiger partial charge in [-0.3, -0.25) is 14.4 Å². The lowest BCUT2D eigenvalue weighted by Gasteiger charge is -2.16. The number of aromatic nitrogens is 6. The first-order valence-corrected chi connectivity index (χ1v) is 17.1. The van der Waals surface area contributed by atoms with Gasteiger partial charge >= 0.3 is 0 Å². The van der Waals surface area contributed by atoms with Gasteiger partial charge in [0.05, 0.1) is 13.2 Å². The number of hydrogen-bond acceptors (Lipinski definition) is 9. The minimum atomic E-state index is -3.26. The van der Waals surface area contributed by atoms with Gasteiger partial charge in [0.2, 0.25) is 0 Å². The van der Waals surface area contributed by atoms with E-state index in [-0.39, 0.29) is 70.8 Å². The number of carbonyl (C=O) groups is 3. The fourth-order valence-corrected chi connectivity index (χ4v) is 5.52. The molecular weight excluding hydrogens is 764 g/mol. The molecule has 0 atom stereocenters. The van der Waals surface area contributed by atoms with Crippen LogP contribution in [0.2, 0.25) is 0 Å². The van der Waals surface area contributed by atoms with Crippen molar-refractivity contribution < 1.29 is 50.2 Å². The van der Waals surface area contributed by atoms with Crippen molar-refractivity contribution in [1.29, 1.82) is 0 Å². The summed E-state index contributed by atoms with van der Waals surface area (Å²) >= 11 is 0. The average Bonchev–Trinajstić information content (AvgIpc) is 3.78. The molecule has 0 aliphatic rings. The number of hydrogen-bond donors (Lipinski definition) is 2. The first kappa shape index (κ1) is 39.9. The van der Waals surface area contributed by atoms with E-state index in [2.05, 4.69) is 30.6 Å². The molecule has 57 heavy (non-hydrogen) atoms. The lowest BCUT2D eigenvalue weighted by Crippen LogP contribution is -2.21. The van der Waals surface area contributed by atoms with Gasteiger partial charge in [-0.05, 0) is 30.7 Å². The maximum absolute atomic E-state index is 14.0. The van der Waals surface area contributed by atoms with Crippen LogP contribution in [-0.4, -0.2) is 78.7 Å². The van der Waals surface area contributed by atoms with Gasteiger partial charge in [0.25, 0.3) is 36.5 Å². The Hall–Kier alpha value is -6.73. The number of fused-ring (bicyclic) bond motifs is 2. The zero-order valence-corrected chi connectivity index (χ0v) is 30.6. The molecule has 2 N–H and O–H groups in total. The summed E-state index contributed by atoms with van der Waals surface area (Å²) in [5.41, 5.74) is -1.99. The molecule has 0 unspecified atom stereocenters. The van der Waals surface area contributed by atoms with Crippen LogP contribution in [0.25, 0.3) is 11.3 Å². The van der Waals surface area contributed by atoms with E-state index < -0.39 is 59.3 Å². The van der Waals surface area contributed by atoms with E-state index in [1.165, 1.54) is 76.7 Å². The highest BCUT2D eigenvalue weighted by Crippen LogP contribution is 2.32. The maximum Gasteiger partial charge on any atom is 0.288 e. The predicted molar refractivity (Wildman–Crippen MR) is 193 cm³/mol. The number of ether oxygens (including phenoxy) is 2. The topological polar surface area (TPSA) is 157 Å². The Balaban J connectivity index is 1.29. The number of pyridine rings is 4. The maximum atomic E-state index is 14.0. The molecule has 0 saturated carbocycles. The lowest BCUT2D eigenvalue weighted by molar-refractivity contribution is 0.0133. The van der Waals surface area contributed by atoms with Gasteiger partial charge in [0.1, 0.15) is 68.3 Å². The number of rotatable bonds is 14. The number of carbonyl (C=O) groups excluding carboxylic acids is 3. The highest BCUT2D eigenvalue weighted by molar-refractivity contribution is 6.05. The van der Waals surface area contributed by atoms with Crippen LogP contribution >= 0.6 is 0 Å². The lowest BCUT2D eigenvalue weighted by atomic mass is 10.1. The molecular formula is C37H33F6N9O5. The molecule has 0 radical (unpaired) electrons. The summed E-state index contributed by atoms with van der Waals surface area (Å²) in [7, 11) is 3.07. The quantitative estimate of drug-likeness (QED) is 0.111. The number of nitrogens with one attached hydrogen (secondary N) is 2. The van der Waals surface area contributed by atoms with E-state index in [1.807, 2.05) is 0 Å². The number of halogens is 6. The van der Waals surface area contributed by atoms with Gasteiger partial charge < -0.3 is 33.8 Å². The third-order valence-electron chi connectivity index (χ3n) is 8.28. The van der Waals surface area contributed by atoms with Crippen molar-refractivity contribution in [1.82, 2.24) is 33.6 Å². The van der Waals surface area contributed by atoms with Crippen LogP contribution < -0.4 is 20.1 Å². The first-order chi connectivity index (χ1) is 27.0. The van der Waals surface area contributed by atoms with Crippen molar-refractivity contribution in [2.75, 3.05) is 37.9 Å². The van der Waals surface area contributed by atoms with Crippen LogP contribution in [0, 0.1) is 0 Å². The minimum Gasteiger partial charge on any atom is -0.491 e. The Morgan fingerprint density at radius 2 is 1.39 bits per heavy atom. The van der Waals surface area contributed by atoms with Gasteiger partial charge in [0.15, 0.2) is 0 Å². The highest BCUT2D eigenvalue weighted by Gasteiger charge is 2.29. The van der Waals surface area contributed by atoms with Gasteiger partial charge in [0, 0.05) is 64.4 Å². The number of anilines is 2. The molecule has 0 fully saturated rings. The highest BCUT2D eigenvalue weighted by atomic mass is 19.3. The van der Waals surface area contributed by atoms with Crippen LogP contribution in [0.4, 0.5) is 37.7 Å². The molecule has 0 aliphatic carbocycles. The Bertz CT molecular complexity index is 2480. The second-order valence-corrected chi connectivity index (χ2v) is 12.7. The van der Waals surface area contributed by atoms with E-state index >= 15 is 0 Å². The Kier molecular flexibility index (Phi) is 11.3. The summed E-state index contributed by atoms with van der Waals surface area (Å²) in [5, 5.41) is 5.15. The first-order valence-electron chi connectivity index (χ1n) is 17.1. The summed E-state index contributed by atoms with van der Waals surface area (Å²) in [4.78, 5) is 56.7. The van der Waals surface area contributed by atoms with Crippen molar-refractivity contribution in [2.45, 2.75) is 39.0 Å². The largest absolute Gasteiger partial charge is 0.491 e. The Labute approximate surface area is 319 Å². The van der Waals surface area contributed by atoms with Gasteiger partial charge in [-0.2, -0.15) is 8.78 Å². The molecule has 20 heteroatoms. The summed E-state index contributed by atoms with van der Waals surface area (Å²) in [6, 6.07) is 8.60. The molecule has 14 nitrogen and oxygen atoms in total. The van der Waals surface area contributed by atoms with E-state index in [9.17, 15) is 40.7 Å². The summed E-state index contributed by atoms with van der Waals surface area (Å²) in [6.07, 6.45) is -0.915. The van der Waals surface area contributed by atoms with E-state index in [0.29, 0.717) is 6.92 Å².